The van der Waals surface area contributed by atoms with Crippen LogP contribution in [-0.4, -0.2) is 55.3 Å². The molecule has 0 aliphatic carbocycles. The molecular weight excluding hydrogens is 364 g/mol. The zero-order valence-electron chi connectivity index (χ0n) is 16.8. The monoisotopic (exact) mass is 392 g/mol. The molecule has 2 amide bonds. The topological polar surface area (TPSA) is 94.2 Å². The lowest BCUT2D eigenvalue weighted by Gasteiger charge is -2.32. The number of amides is 2. The number of nitrogens with zero attached hydrogens (tertiary/aromatic N) is 1. The summed E-state index contributed by atoms with van der Waals surface area (Å²) in [4.78, 5) is 37.8. The molecule has 1 heterocycles. The van der Waals surface area contributed by atoms with Gasteiger partial charge in [0.05, 0.1) is 13.0 Å². The van der Waals surface area contributed by atoms with E-state index in [1.54, 1.807) is 29.2 Å². The second-order valence-corrected chi connectivity index (χ2v) is 7.63. The zero-order chi connectivity index (χ0) is 20.7. The molecule has 154 valence electrons. The summed E-state index contributed by atoms with van der Waals surface area (Å²) in [6, 6.07) is 6.90. The maximum Gasteiger partial charge on any atom is 0.410 e. The molecule has 0 aromatic heterocycles. The number of esters is 1. The normalized spacial score (nSPS) is 14.9. The first-order chi connectivity index (χ1) is 13.2. The third kappa shape index (κ3) is 6.75. The van der Waals surface area contributed by atoms with E-state index in [1.807, 2.05) is 20.8 Å². The van der Waals surface area contributed by atoms with Crippen molar-refractivity contribution in [3.8, 4) is 5.75 Å². The van der Waals surface area contributed by atoms with Crippen molar-refractivity contribution in [1.82, 2.24) is 4.90 Å². The van der Waals surface area contributed by atoms with Crippen LogP contribution in [0.15, 0.2) is 24.3 Å². The highest BCUT2D eigenvalue weighted by molar-refractivity contribution is 5.93. The first-order valence-corrected chi connectivity index (χ1v) is 9.26. The second kappa shape index (κ2) is 9.43. The Morgan fingerprint density at radius 1 is 1.18 bits per heavy atom. The van der Waals surface area contributed by atoms with Gasteiger partial charge >= 0.3 is 12.1 Å². The van der Waals surface area contributed by atoms with E-state index >= 15 is 0 Å². The SMILES string of the molecule is COc1cccc(NC(=O)COC(=O)C2CCN(C(=O)OC(C)(C)C)CC2)c1. The molecule has 0 unspecified atom stereocenters. The Balaban J connectivity index is 1.73. The minimum atomic E-state index is -0.553. The summed E-state index contributed by atoms with van der Waals surface area (Å²) in [6.45, 7) is 5.92. The minimum absolute atomic E-state index is 0.330. The lowest BCUT2D eigenvalue weighted by molar-refractivity contribution is -0.153. The molecule has 0 saturated carbocycles. The quantitative estimate of drug-likeness (QED) is 0.775. The van der Waals surface area contributed by atoms with Gasteiger partial charge in [0.1, 0.15) is 11.4 Å². The average Bonchev–Trinajstić information content (AvgIpc) is 2.65. The fourth-order valence-corrected chi connectivity index (χ4v) is 2.78. The first kappa shape index (κ1) is 21.5. The summed E-state index contributed by atoms with van der Waals surface area (Å²) in [5.41, 5.74) is 0.00859. The highest BCUT2D eigenvalue weighted by Gasteiger charge is 2.30. The minimum Gasteiger partial charge on any atom is -0.497 e. The molecular formula is C20H28N2O6. The van der Waals surface area contributed by atoms with Gasteiger partial charge in [-0.3, -0.25) is 9.59 Å². The summed E-state index contributed by atoms with van der Waals surface area (Å²) < 4.78 is 15.6. The molecule has 1 aromatic rings. The van der Waals surface area contributed by atoms with E-state index in [-0.39, 0.29) is 18.6 Å². The third-order valence-corrected chi connectivity index (χ3v) is 4.18. The molecule has 0 spiro atoms. The molecule has 2 rings (SSSR count). The van der Waals surface area contributed by atoms with Gasteiger partial charge in [-0.15, -0.1) is 0 Å². The molecule has 1 aromatic carbocycles. The van der Waals surface area contributed by atoms with Gasteiger partial charge in [0, 0.05) is 24.8 Å². The van der Waals surface area contributed by atoms with Crippen LogP contribution in [0, 0.1) is 5.92 Å². The average molecular weight is 392 g/mol. The fourth-order valence-electron chi connectivity index (χ4n) is 2.78. The lowest BCUT2D eigenvalue weighted by atomic mass is 9.97. The van der Waals surface area contributed by atoms with Crippen LogP contribution >= 0.6 is 0 Å². The van der Waals surface area contributed by atoms with Gasteiger partial charge in [-0.1, -0.05) is 6.07 Å². The fraction of sp³-hybridized carbons (Fsp3) is 0.550. The maximum absolute atomic E-state index is 12.2. The smallest absolute Gasteiger partial charge is 0.410 e. The van der Waals surface area contributed by atoms with Crippen LogP contribution < -0.4 is 10.1 Å². The Labute approximate surface area is 165 Å². The number of carbonyl (C=O) groups is 3. The number of hydrogen-bond donors (Lipinski definition) is 1. The lowest BCUT2D eigenvalue weighted by Crippen LogP contribution is -2.43. The molecule has 8 nitrogen and oxygen atoms in total. The number of hydrogen-bond acceptors (Lipinski definition) is 6. The summed E-state index contributed by atoms with van der Waals surface area (Å²) in [7, 11) is 1.54. The Kier molecular flexibility index (Phi) is 7.25. The molecule has 8 heteroatoms. The van der Waals surface area contributed by atoms with Crippen molar-refractivity contribution in [2.75, 3.05) is 32.1 Å². The van der Waals surface area contributed by atoms with E-state index in [0.717, 1.165) is 0 Å². The standard InChI is InChI=1S/C20H28N2O6/c1-20(2,3)28-19(25)22-10-8-14(9-11-22)18(24)27-13-17(23)21-15-6-5-7-16(12-15)26-4/h5-7,12,14H,8-11,13H2,1-4H3,(H,21,23). The summed E-state index contributed by atoms with van der Waals surface area (Å²) >= 11 is 0. The molecule has 1 N–H and O–H groups in total. The predicted molar refractivity (Wildman–Crippen MR) is 103 cm³/mol. The highest BCUT2D eigenvalue weighted by Crippen LogP contribution is 2.21. The Hall–Kier alpha value is -2.77. The van der Waals surface area contributed by atoms with Crippen LogP contribution in [0.5, 0.6) is 5.75 Å². The number of ether oxygens (including phenoxy) is 3. The number of piperidine rings is 1. The van der Waals surface area contributed by atoms with Crippen molar-refractivity contribution in [2.24, 2.45) is 5.92 Å². The predicted octanol–water partition coefficient (Wildman–Crippen LogP) is 2.82. The molecule has 0 bridgehead atoms. The van der Waals surface area contributed by atoms with Gasteiger partial charge in [-0.25, -0.2) is 4.79 Å². The number of methoxy groups -OCH3 is 1. The summed E-state index contributed by atoms with van der Waals surface area (Å²) in [5.74, 6) is -0.563. The van der Waals surface area contributed by atoms with E-state index in [1.165, 1.54) is 7.11 Å². The molecule has 1 aliphatic rings. The number of likely N-dealkylation sites (tertiary alicyclic amines) is 1. The van der Waals surface area contributed by atoms with Crippen LogP contribution in [0.1, 0.15) is 33.6 Å². The van der Waals surface area contributed by atoms with Crippen molar-refractivity contribution in [2.45, 2.75) is 39.2 Å². The molecule has 1 fully saturated rings. The van der Waals surface area contributed by atoms with Gasteiger partial charge < -0.3 is 24.4 Å². The van der Waals surface area contributed by atoms with Crippen molar-refractivity contribution in [3.63, 3.8) is 0 Å². The summed E-state index contributed by atoms with van der Waals surface area (Å²) in [5, 5.41) is 2.65. The number of anilines is 1. The molecule has 1 aliphatic heterocycles. The van der Waals surface area contributed by atoms with E-state index in [4.69, 9.17) is 14.2 Å². The van der Waals surface area contributed by atoms with Crippen molar-refractivity contribution in [3.05, 3.63) is 24.3 Å². The third-order valence-electron chi connectivity index (χ3n) is 4.18. The van der Waals surface area contributed by atoms with Crippen LogP contribution in [0.3, 0.4) is 0 Å². The highest BCUT2D eigenvalue weighted by atomic mass is 16.6. The Morgan fingerprint density at radius 2 is 1.86 bits per heavy atom. The van der Waals surface area contributed by atoms with E-state index in [9.17, 15) is 14.4 Å². The largest absolute Gasteiger partial charge is 0.497 e. The van der Waals surface area contributed by atoms with Gasteiger partial charge in [0.2, 0.25) is 0 Å². The second-order valence-electron chi connectivity index (χ2n) is 7.63. The van der Waals surface area contributed by atoms with E-state index < -0.39 is 17.5 Å². The Morgan fingerprint density at radius 3 is 2.46 bits per heavy atom. The van der Waals surface area contributed by atoms with Crippen molar-refractivity contribution >= 4 is 23.7 Å². The number of carbonyl (C=O) groups excluding carboxylic acids is 3. The number of rotatable bonds is 5. The molecule has 0 atom stereocenters. The molecule has 0 radical (unpaired) electrons. The van der Waals surface area contributed by atoms with Gasteiger partial charge in [-0.05, 0) is 45.7 Å². The van der Waals surface area contributed by atoms with E-state index in [2.05, 4.69) is 5.32 Å². The van der Waals surface area contributed by atoms with Crippen LogP contribution in [-0.2, 0) is 19.1 Å². The van der Waals surface area contributed by atoms with Gasteiger partial charge in [0.25, 0.3) is 5.91 Å². The number of nitrogens with one attached hydrogen (secondary N) is 1. The zero-order valence-corrected chi connectivity index (χ0v) is 16.8. The van der Waals surface area contributed by atoms with Gasteiger partial charge in [-0.2, -0.15) is 0 Å². The number of benzene rings is 1. The Bertz CT molecular complexity index is 705. The van der Waals surface area contributed by atoms with Crippen LogP contribution in [0.2, 0.25) is 0 Å². The molecule has 28 heavy (non-hydrogen) atoms. The van der Waals surface area contributed by atoms with Crippen molar-refractivity contribution < 1.29 is 28.6 Å². The van der Waals surface area contributed by atoms with Gasteiger partial charge in [0.15, 0.2) is 6.61 Å². The van der Waals surface area contributed by atoms with Crippen molar-refractivity contribution in [1.29, 1.82) is 0 Å². The molecule has 1 saturated heterocycles. The van der Waals surface area contributed by atoms with Crippen LogP contribution in [0.4, 0.5) is 10.5 Å². The first-order valence-electron chi connectivity index (χ1n) is 9.26. The van der Waals surface area contributed by atoms with Crippen LogP contribution in [0.25, 0.3) is 0 Å². The maximum atomic E-state index is 12.2. The van der Waals surface area contributed by atoms with E-state index in [0.29, 0.717) is 37.4 Å². The summed E-state index contributed by atoms with van der Waals surface area (Å²) in [6.07, 6.45) is 0.586.